The van der Waals surface area contributed by atoms with E-state index in [4.69, 9.17) is 0 Å². The van der Waals surface area contributed by atoms with Gasteiger partial charge in [0.15, 0.2) is 0 Å². The fraction of sp³-hybridized carbons (Fsp3) is 0.615. The van der Waals surface area contributed by atoms with Gasteiger partial charge in [-0.15, -0.1) is 0 Å². The second-order valence-electron chi connectivity index (χ2n) is 5.02. The molecule has 1 unspecified atom stereocenters. The Morgan fingerprint density at radius 2 is 2.10 bits per heavy atom. The molecular formula is C13H19BrN4O3. The molecule has 1 fully saturated rings. The highest BCUT2D eigenvalue weighted by Gasteiger charge is 2.19. The highest BCUT2D eigenvalue weighted by atomic mass is 79.9. The number of likely N-dealkylation sites (N-methyl/N-ethyl adjacent to an activating group) is 1. The summed E-state index contributed by atoms with van der Waals surface area (Å²) in [5.41, 5.74) is 0.605. The average molecular weight is 359 g/mol. The van der Waals surface area contributed by atoms with Crippen molar-refractivity contribution >= 4 is 27.6 Å². The molecule has 1 atom stereocenters. The lowest BCUT2D eigenvalue weighted by atomic mass is 10.3. The van der Waals surface area contributed by atoms with Crippen LogP contribution >= 0.6 is 15.9 Å². The topological polar surface area (TPSA) is 67.7 Å². The summed E-state index contributed by atoms with van der Waals surface area (Å²) in [7, 11) is 3.39. The van der Waals surface area contributed by atoms with Crippen molar-refractivity contribution in [2.24, 2.45) is 0 Å². The maximum absolute atomic E-state index is 12.1. The largest absolute Gasteiger partial charge is 0.468 e. The second kappa shape index (κ2) is 7.04. The maximum Gasteiger partial charge on any atom is 0.321 e. The van der Waals surface area contributed by atoms with Crippen molar-refractivity contribution in [3.8, 4) is 0 Å². The molecule has 2 rings (SSSR count). The molecule has 1 aromatic rings. The van der Waals surface area contributed by atoms with E-state index < -0.39 is 10.8 Å². The fourth-order valence-corrected chi connectivity index (χ4v) is 2.61. The van der Waals surface area contributed by atoms with Gasteiger partial charge in [0.1, 0.15) is 4.83 Å². The van der Waals surface area contributed by atoms with Crippen LogP contribution in [0, 0.1) is 0 Å². The minimum absolute atomic E-state index is 0.147. The third-order valence-corrected chi connectivity index (χ3v) is 4.18. The summed E-state index contributed by atoms with van der Waals surface area (Å²) < 4.78 is 5.87. The van der Waals surface area contributed by atoms with Crippen molar-refractivity contribution in [3.05, 3.63) is 22.6 Å². The Hall–Kier alpha value is -1.41. The summed E-state index contributed by atoms with van der Waals surface area (Å²) in [6.45, 7) is 3.84. The summed E-state index contributed by atoms with van der Waals surface area (Å²) in [5, 5.41) is 4.14. The number of halogens is 1. The van der Waals surface area contributed by atoms with E-state index in [0.717, 1.165) is 31.9 Å². The molecule has 0 aliphatic carbocycles. The van der Waals surface area contributed by atoms with Crippen molar-refractivity contribution in [1.29, 1.82) is 0 Å². The van der Waals surface area contributed by atoms with Crippen LogP contribution in [0.3, 0.4) is 0 Å². The average Bonchev–Trinajstić information content (AvgIpc) is 2.49. The minimum Gasteiger partial charge on any atom is -0.468 e. The van der Waals surface area contributed by atoms with Crippen molar-refractivity contribution in [2.75, 3.05) is 45.2 Å². The molecule has 0 bridgehead atoms. The number of carbonyl (C=O) groups is 1. The number of ether oxygens (including phenoxy) is 1. The third kappa shape index (κ3) is 4.04. The number of anilines is 1. The van der Waals surface area contributed by atoms with Gasteiger partial charge >= 0.3 is 5.97 Å². The molecule has 2 heterocycles. The first-order valence-corrected chi connectivity index (χ1v) is 7.65. The van der Waals surface area contributed by atoms with E-state index >= 15 is 0 Å². The van der Waals surface area contributed by atoms with Crippen LogP contribution in [0.25, 0.3) is 0 Å². The number of hydrogen-bond acceptors (Lipinski definition) is 6. The summed E-state index contributed by atoms with van der Waals surface area (Å²) in [6, 6.07) is 1.56. The summed E-state index contributed by atoms with van der Waals surface area (Å²) >= 11 is 3.19. The van der Waals surface area contributed by atoms with Crippen LogP contribution in [0.1, 0.15) is 0 Å². The van der Waals surface area contributed by atoms with Gasteiger partial charge in [0.2, 0.25) is 0 Å². The lowest BCUT2D eigenvalue weighted by molar-refractivity contribution is -0.140. The Kier molecular flexibility index (Phi) is 5.35. The van der Waals surface area contributed by atoms with Gasteiger partial charge in [-0.05, 0) is 7.05 Å². The first kappa shape index (κ1) is 16.0. The van der Waals surface area contributed by atoms with Crippen LogP contribution in [-0.2, 0) is 16.1 Å². The maximum atomic E-state index is 12.1. The molecule has 0 radical (unpaired) electrons. The summed E-state index contributed by atoms with van der Waals surface area (Å²) in [5.74, 6) is -0.424. The van der Waals surface area contributed by atoms with E-state index in [0.29, 0.717) is 0 Å². The predicted octanol–water partition coefficient (Wildman–Crippen LogP) is -0.0684. The van der Waals surface area contributed by atoms with Crippen LogP contribution in [0.15, 0.2) is 17.1 Å². The molecule has 116 valence electrons. The highest BCUT2D eigenvalue weighted by molar-refractivity contribution is 9.10. The van der Waals surface area contributed by atoms with Gasteiger partial charge in [-0.25, -0.2) is 4.68 Å². The zero-order chi connectivity index (χ0) is 15.4. The van der Waals surface area contributed by atoms with Gasteiger partial charge in [-0.2, -0.15) is 5.10 Å². The SMILES string of the molecule is COC(=O)C(Br)Cn1ncc(N2CCN(C)CC2)cc1=O. The molecule has 0 amide bonds. The number of aromatic nitrogens is 2. The molecule has 1 aliphatic rings. The number of carbonyl (C=O) groups excluding carboxylic acids is 1. The quantitative estimate of drug-likeness (QED) is 0.554. The monoisotopic (exact) mass is 358 g/mol. The van der Waals surface area contributed by atoms with Crippen LogP contribution in [-0.4, -0.2) is 65.8 Å². The van der Waals surface area contributed by atoms with E-state index in [2.05, 4.69) is 42.6 Å². The van der Waals surface area contributed by atoms with Gasteiger partial charge in [0, 0.05) is 32.2 Å². The lowest BCUT2D eigenvalue weighted by Gasteiger charge is -2.33. The number of rotatable bonds is 4. The molecular weight excluding hydrogens is 340 g/mol. The third-order valence-electron chi connectivity index (χ3n) is 3.51. The van der Waals surface area contributed by atoms with Gasteiger partial charge in [-0.1, -0.05) is 15.9 Å². The lowest BCUT2D eigenvalue weighted by Crippen LogP contribution is -2.45. The van der Waals surface area contributed by atoms with Gasteiger partial charge in [0.25, 0.3) is 5.56 Å². The fourth-order valence-electron chi connectivity index (χ4n) is 2.15. The normalized spacial score (nSPS) is 17.6. The summed E-state index contributed by atoms with van der Waals surface area (Å²) in [6.07, 6.45) is 1.67. The Morgan fingerprint density at radius 1 is 1.43 bits per heavy atom. The molecule has 7 nitrogen and oxygen atoms in total. The summed E-state index contributed by atoms with van der Waals surface area (Å²) in [4.78, 5) is 27.2. The zero-order valence-corrected chi connectivity index (χ0v) is 13.7. The number of piperazine rings is 1. The smallest absolute Gasteiger partial charge is 0.321 e. The molecule has 0 spiro atoms. The number of nitrogens with zero attached hydrogens (tertiary/aromatic N) is 4. The van der Waals surface area contributed by atoms with E-state index in [-0.39, 0.29) is 12.1 Å². The predicted molar refractivity (Wildman–Crippen MR) is 82.9 cm³/mol. The Morgan fingerprint density at radius 3 is 2.67 bits per heavy atom. The van der Waals surface area contributed by atoms with E-state index in [1.807, 2.05) is 0 Å². The van der Waals surface area contributed by atoms with Gasteiger partial charge in [-0.3, -0.25) is 9.59 Å². The van der Waals surface area contributed by atoms with Crippen LogP contribution in [0.2, 0.25) is 0 Å². The van der Waals surface area contributed by atoms with Crippen LogP contribution < -0.4 is 10.5 Å². The highest BCUT2D eigenvalue weighted by Crippen LogP contribution is 2.12. The number of esters is 1. The van der Waals surface area contributed by atoms with Gasteiger partial charge in [0.05, 0.1) is 25.5 Å². The van der Waals surface area contributed by atoms with E-state index in [9.17, 15) is 9.59 Å². The first-order valence-electron chi connectivity index (χ1n) is 6.74. The van der Waals surface area contributed by atoms with Crippen LogP contribution in [0.5, 0.6) is 0 Å². The van der Waals surface area contributed by atoms with Crippen molar-refractivity contribution in [1.82, 2.24) is 14.7 Å². The second-order valence-corrected chi connectivity index (χ2v) is 6.12. The van der Waals surface area contributed by atoms with Crippen molar-refractivity contribution in [2.45, 2.75) is 11.4 Å². The number of methoxy groups -OCH3 is 1. The molecule has 0 saturated carbocycles. The van der Waals surface area contributed by atoms with E-state index in [1.165, 1.54) is 11.8 Å². The molecule has 8 heteroatoms. The minimum atomic E-state index is -0.581. The molecule has 0 aromatic carbocycles. The van der Waals surface area contributed by atoms with E-state index in [1.54, 1.807) is 12.3 Å². The number of alkyl halides is 1. The molecule has 1 aliphatic heterocycles. The molecule has 1 aromatic heterocycles. The van der Waals surface area contributed by atoms with Gasteiger partial charge < -0.3 is 14.5 Å². The van der Waals surface area contributed by atoms with Crippen molar-refractivity contribution < 1.29 is 9.53 Å². The zero-order valence-electron chi connectivity index (χ0n) is 12.2. The standard InChI is InChI=1S/C13H19BrN4O3/c1-16-3-5-17(6-4-16)10-7-12(19)18(15-8-10)9-11(14)13(20)21-2/h7-8,11H,3-6,9H2,1-2H3. The first-order chi connectivity index (χ1) is 10.0. The van der Waals surface area contributed by atoms with Crippen LogP contribution in [0.4, 0.5) is 5.69 Å². The number of hydrogen-bond donors (Lipinski definition) is 0. The molecule has 0 N–H and O–H groups in total. The Balaban J connectivity index is 2.07. The molecule has 1 saturated heterocycles. The van der Waals surface area contributed by atoms with Crippen molar-refractivity contribution in [3.63, 3.8) is 0 Å². The Bertz CT molecular complexity index is 555. The Labute approximate surface area is 131 Å². The molecule has 21 heavy (non-hydrogen) atoms.